The lowest BCUT2D eigenvalue weighted by Gasteiger charge is -2.05. The molecule has 0 amide bonds. The Balaban J connectivity index is 0.00000312. The molecule has 0 N–H and O–H groups in total. The van der Waals surface area contributed by atoms with Crippen LogP contribution in [-0.4, -0.2) is 48.1 Å². The molecular weight excluding hydrogens is 496 g/mol. The molecule has 0 saturated carbocycles. The average molecular weight is 520 g/mol. The van der Waals surface area contributed by atoms with E-state index in [9.17, 15) is 9.59 Å². The number of benzene rings is 2. The van der Waals surface area contributed by atoms with Gasteiger partial charge in [0.05, 0.1) is 25.0 Å². The molecule has 0 fully saturated rings. The standard InChI is InChI=1S/C20H24O2S2.2BrH/c1-23(2)13-19(21)17-9-5-15(6-10-17)16-7-11-18(12-8-16)20(22)14-24(3)4;;/h5-12H,13-14H2,1-4H3;2*1H/q+2;;/p-2. The highest BCUT2D eigenvalue weighted by molar-refractivity contribution is 7.96. The maximum Gasteiger partial charge on any atom is 0.211 e. The summed E-state index contributed by atoms with van der Waals surface area (Å²) in [4.78, 5) is 24.2. The number of carbonyl (C=O) groups excluding carboxylic acids is 2. The van der Waals surface area contributed by atoms with Crippen molar-refractivity contribution in [2.24, 2.45) is 0 Å². The third-order valence-corrected chi connectivity index (χ3v) is 5.27. The third kappa shape index (κ3) is 7.59. The van der Waals surface area contributed by atoms with Crippen LogP contribution in [0.15, 0.2) is 48.5 Å². The Hall–Kier alpha value is -0.560. The third-order valence-electron chi connectivity index (χ3n) is 3.59. The fourth-order valence-electron chi connectivity index (χ4n) is 2.39. The number of carbonyl (C=O) groups is 2. The molecule has 2 nitrogen and oxygen atoms in total. The van der Waals surface area contributed by atoms with E-state index in [4.69, 9.17) is 0 Å². The van der Waals surface area contributed by atoms with Crippen LogP contribution in [0.5, 0.6) is 0 Å². The summed E-state index contributed by atoms with van der Waals surface area (Å²) >= 11 is 0. The summed E-state index contributed by atoms with van der Waals surface area (Å²) in [6, 6.07) is 15.5. The first-order chi connectivity index (χ1) is 11.4. The van der Waals surface area contributed by atoms with Crippen molar-refractivity contribution in [2.45, 2.75) is 0 Å². The summed E-state index contributed by atoms with van der Waals surface area (Å²) in [5.41, 5.74) is 3.65. The minimum atomic E-state index is 0. The van der Waals surface area contributed by atoms with Crippen LogP contribution in [0.4, 0.5) is 0 Å². The van der Waals surface area contributed by atoms with Crippen LogP contribution in [0.25, 0.3) is 11.1 Å². The Bertz CT molecular complexity index is 648. The average Bonchev–Trinajstić information content (AvgIpc) is 2.54. The smallest absolute Gasteiger partial charge is 0.211 e. The molecule has 2 rings (SSSR count). The van der Waals surface area contributed by atoms with E-state index in [1.54, 1.807) is 0 Å². The molecule has 0 unspecified atom stereocenters. The van der Waals surface area contributed by atoms with Gasteiger partial charge < -0.3 is 34.0 Å². The van der Waals surface area contributed by atoms with E-state index >= 15 is 0 Å². The predicted molar refractivity (Wildman–Crippen MR) is 109 cm³/mol. The fraction of sp³-hybridized carbons (Fsp3) is 0.300. The van der Waals surface area contributed by atoms with E-state index in [0.29, 0.717) is 11.5 Å². The quantitative estimate of drug-likeness (QED) is 0.299. The van der Waals surface area contributed by atoms with Crippen molar-refractivity contribution in [1.82, 2.24) is 0 Å². The van der Waals surface area contributed by atoms with Gasteiger partial charge in [-0.2, -0.15) is 0 Å². The van der Waals surface area contributed by atoms with Crippen LogP contribution in [0.3, 0.4) is 0 Å². The zero-order valence-electron chi connectivity index (χ0n) is 15.4. The summed E-state index contributed by atoms with van der Waals surface area (Å²) in [7, 11) is 0.240. The number of ketones is 2. The Morgan fingerprint density at radius 1 is 0.615 bits per heavy atom. The normalized spacial score (nSPS) is 10.2. The highest BCUT2D eigenvalue weighted by Gasteiger charge is 2.15. The minimum Gasteiger partial charge on any atom is -1.00 e. The summed E-state index contributed by atoms with van der Waals surface area (Å²) in [5, 5.41) is 0. The Morgan fingerprint density at radius 2 is 0.885 bits per heavy atom. The maximum atomic E-state index is 12.1. The Morgan fingerprint density at radius 3 is 1.12 bits per heavy atom. The van der Waals surface area contributed by atoms with Crippen molar-refractivity contribution in [3.8, 4) is 11.1 Å². The molecular formula is C20H24Br2O2S2. The zero-order chi connectivity index (χ0) is 17.7. The molecule has 0 spiro atoms. The van der Waals surface area contributed by atoms with Gasteiger partial charge in [0.1, 0.15) is 0 Å². The molecule has 2 aromatic rings. The fourth-order valence-corrected chi connectivity index (χ4v) is 3.77. The Labute approximate surface area is 183 Å². The topological polar surface area (TPSA) is 34.1 Å². The molecule has 0 aliphatic carbocycles. The second kappa shape index (κ2) is 12.0. The summed E-state index contributed by atoms with van der Waals surface area (Å²) in [6.45, 7) is 0. The molecule has 0 heterocycles. The molecule has 0 atom stereocenters. The number of hydrogen-bond donors (Lipinski definition) is 0. The van der Waals surface area contributed by atoms with Gasteiger partial charge in [-0.1, -0.05) is 48.5 Å². The highest BCUT2D eigenvalue weighted by atomic mass is 79.9. The molecule has 2 aromatic carbocycles. The highest BCUT2D eigenvalue weighted by Crippen LogP contribution is 2.21. The SMILES string of the molecule is C[S+](C)CC(=O)c1ccc(-c2ccc(C(=O)C[S+](C)C)cc2)cc1.[Br-].[Br-]. The molecule has 0 bridgehead atoms. The molecule has 6 heteroatoms. The second-order valence-electron chi connectivity index (χ2n) is 6.26. The van der Waals surface area contributed by atoms with Crippen molar-refractivity contribution in [3.05, 3.63) is 59.7 Å². The van der Waals surface area contributed by atoms with Crippen molar-refractivity contribution >= 4 is 33.4 Å². The van der Waals surface area contributed by atoms with E-state index in [1.165, 1.54) is 0 Å². The lowest BCUT2D eigenvalue weighted by atomic mass is 10.0. The number of rotatable bonds is 7. The van der Waals surface area contributed by atoms with Gasteiger partial charge in [0, 0.05) is 11.1 Å². The van der Waals surface area contributed by atoms with Crippen molar-refractivity contribution < 1.29 is 43.6 Å². The molecule has 0 aromatic heterocycles. The number of halogens is 2. The van der Waals surface area contributed by atoms with Crippen molar-refractivity contribution in [1.29, 1.82) is 0 Å². The van der Waals surface area contributed by atoms with Gasteiger partial charge >= 0.3 is 0 Å². The molecule has 0 aliphatic rings. The maximum absolute atomic E-state index is 12.1. The minimum absolute atomic E-state index is 0. The van der Waals surface area contributed by atoms with Gasteiger partial charge in [0.2, 0.25) is 11.6 Å². The van der Waals surface area contributed by atoms with Crippen LogP contribution in [0.1, 0.15) is 20.7 Å². The largest absolute Gasteiger partial charge is 1.00 e. The van der Waals surface area contributed by atoms with E-state index < -0.39 is 0 Å². The second-order valence-corrected chi connectivity index (χ2v) is 10.8. The molecule has 0 radical (unpaired) electrons. The first-order valence-electron chi connectivity index (χ1n) is 7.72. The summed E-state index contributed by atoms with van der Waals surface area (Å²) in [5.74, 6) is 1.61. The lowest BCUT2D eigenvalue weighted by Crippen LogP contribution is -3.00. The number of Topliss-reactive ketones (excluding diaryl/α,β-unsaturated/α-hetero) is 2. The molecule has 142 valence electrons. The van der Waals surface area contributed by atoms with Gasteiger partial charge in [-0.3, -0.25) is 9.59 Å². The van der Waals surface area contributed by atoms with Gasteiger partial charge in [-0.05, 0) is 32.9 Å². The monoisotopic (exact) mass is 518 g/mol. The van der Waals surface area contributed by atoms with E-state index in [-0.39, 0.29) is 67.3 Å². The van der Waals surface area contributed by atoms with Crippen LogP contribution >= 0.6 is 0 Å². The first-order valence-corrected chi connectivity index (χ1v) is 12.1. The van der Waals surface area contributed by atoms with Crippen molar-refractivity contribution in [2.75, 3.05) is 36.5 Å². The van der Waals surface area contributed by atoms with Crippen LogP contribution in [-0.2, 0) is 21.8 Å². The number of hydrogen-bond acceptors (Lipinski definition) is 2. The van der Waals surface area contributed by atoms with E-state index in [1.807, 2.05) is 48.5 Å². The lowest BCUT2D eigenvalue weighted by molar-refractivity contribution is -0.00100. The molecule has 26 heavy (non-hydrogen) atoms. The summed E-state index contributed by atoms with van der Waals surface area (Å²) < 4.78 is 0. The molecule has 0 saturated heterocycles. The first kappa shape index (κ1) is 25.4. The van der Waals surface area contributed by atoms with E-state index in [2.05, 4.69) is 25.0 Å². The van der Waals surface area contributed by atoms with Crippen LogP contribution in [0.2, 0.25) is 0 Å². The Kier molecular flexibility index (Phi) is 11.7. The van der Waals surface area contributed by atoms with E-state index in [0.717, 1.165) is 22.3 Å². The van der Waals surface area contributed by atoms with Crippen LogP contribution in [0, 0.1) is 0 Å². The zero-order valence-corrected chi connectivity index (χ0v) is 20.2. The van der Waals surface area contributed by atoms with Crippen LogP contribution < -0.4 is 34.0 Å². The van der Waals surface area contributed by atoms with Gasteiger partial charge in [0.15, 0.2) is 11.5 Å². The molecule has 0 aliphatic heterocycles. The van der Waals surface area contributed by atoms with Gasteiger partial charge in [0.25, 0.3) is 0 Å². The van der Waals surface area contributed by atoms with Crippen molar-refractivity contribution in [3.63, 3.8) is 0 Å². The van der Waals surface area contributed by atoms with Gasteiger partial charge in [-0.25, -0.2) is 0 Å². The van der Waals surface area contributed by atoms with Gasteiger partial charge in [-0.15, -0.1) is 0 Å². The predicted octanol–water partition coefficient (Wildman–Crippen LogP) is -2.52. The summed E-state index contributed by atoms with van der Waals surface area (Å²) in [6.07, 6.45) is 8.31.